The van der Waals surface area contributed by atoms with Crippen LogP contribution in [0.1, 0.15) is 12.8 Å². The van der Waals surface area contributed by atoms with Crippen LogP contribution in [0.4, 0.5) is 0 Å². The molecule has 28 heavy (non-hydrogen) atoms. The van der Waals surface area contributed by atoms with Gasteiger partial charge in [-0.15, -0.1) is 0 Å². The smallest absolute Gasteiger partial charge is 0.166 e. The molecule has 0 aliphatic carbocycles. The molecule has 8 heteroatoms. The first-order valence-corrected chi connectivity index (χ1v) is 12.7. The highest BCUT2D eigenvalue weighted by Gasteiger charge is 2.40. The van der Waals surface area contributed by atoms with Crippen LogP contribution < -0.4 is 10.6 Å². The summed E-state index contributed by atoms with van der Waals surface area (Å²) in [6, 6.07) is 0.658. The van der Waals surface area contributed by atoms with E-state index in [4.69, 9.17) is 17.0 Å². The van der Waals surface area contributed by atoms with Gasteiger partial charge in [-0.25, -0.2) is 0 Å². The van der Waals surface area contributed by atoms with Crippen LogP contribution >= 0.6 is 24.0 Å². The Morgan fingerprint density at radius 3 is 2.61 bits per heavy atom. The SMILES string of the molecule is S=C(NCCN1CCOCC1)NCC1CC2CCN1CC2CN1CCSCC1. The van der Waals surface area contributed by atoms with Crippen LogP contribution in [-0.4, -0.2) is 116 Å². The van der Waals surface area contributed by atoms with E-state index >= 15 is 0 Å². The van der Waals surface area contributed by atoms with Crippen molar-refractivity contribution in [3.8, 4) is 0 Å². The molecule has 2 N–H and O–H groups in total. The summed E-state index contributed by atoms with van der Waals surface area (Å²) in [6.45, 7) is 13.2. The summed E-state index contributed by atoms with van der Waals surface area (Å²) < 4.78 is 5.40. The lowest BCUT2D eigenvalue weighted by molar-refractivity contribution is -0.00942. The Bertz CT molecular complexity index is 499. The van der Waals surface area contributed by atoms with Crippen molar-refractivity contribution in [2.45, 2.75) is 18.9 Å². The van der Waals surface area contributed by atoms with E-state index in [1.165, 1.54) is 57.1 Å². The molecule has 6 nitrogen and oxygen atoms in total. The van der Waals surface area contributed by atoms with Gasteiger partial charge in [0.25, 0.3) is 0 Å². The Labute approximate surface area is 180 Å². The molecule has 0 aromatic heterocycles. The molecule has 0 amide bonds. The lowest BCUT2D eigenvalue weighted by Gasteiger charge is -2.51. The van der Waals surface area contributed by atoms with Gasteiger partial charge in [-0.2, -0.15) is 11.8 Å². The fourth-order valence-corrected chi connectivity index (χ4v) is 6.37. The summed E-state index contributed by atoms with van der Waals surface area (Å²) in [5, 5.41) is 7.70. The van der Waals surface area contributed by atoms with Gasteiger partial charge in [0.2, 0.25) is 0 Å². The Balaban J connectivity index is 1.13. The predicted molar refractivity (Wildman–Crippen MR) is 121 cm³/mol. The number of hydrogen-bond acceptors (Lipinski definition) is 6. The van der Waals surface area contributed by atoms with E-state index in [1.54, 1.807) is 0 Å². The Kier molecular flexibility index (Phi) is 8.13. The van der Waals surface area contributed by atoms with Gasteiger partial charge in [0, 0.05) is 76.5 Å². The molecule has 4 unspecified atom stereocenters. The van der Waals surface area contributed by atoms with Crippen LogP contribution in [0.2, 0.25) is 0 Å². The molecule has 5 aliphatic rings. The molecule has 0 saturated carbocycles. The topological polar surface area (TPSA) is 43.0 Å². The second kappa shape index (κ2) is 10.8. The Hall–Kier alpha value is -0.120. The number of ether oxygens (including phenoxy) is 1. The first kappa shape index (κ1) is 21.1. The molecule has 5 saturated heterocycles. The summed E-state index contributed by atoms with van der Waals surface area (Å²) in [4.78, 5) is 7.88. The van der Waals surface area contributed by atoms with Crippen LogP contribution in [0.25, 0.3) is 0 Å². The average Bonchev–Trinajstić information content (AvgIpc) is 2.74. The molecule has 2 bridgehead atoms. The van der Waals surface area contributed by atoms with Crippen molar-refractivity contribution in [2.75, 3.05) is 90.2 Å². The number of thioether (sulfide) groups is 1. The first-order chi connectivity index (χ1) is 13.8. The first-order valence-electron chi connectivity index (χ1n) is 11.1. The molecular formula is C20H37N5OS2. The molecule has 0 aromatic rings. The number of hydrogen-bond donors (Lipinski definition) is 2. The minimum absolute atomic E-state index is 0.658. The van der Waals surface area contributed by atoms with Crippen molar-refractivity contribution in [2.24, 2.45) is 11.8 Å². The largest absolute Gasteiger partial charge is 0.379 e. The third-order valence-electron chi connectivity index (χ3n) is 6.93. The number of morpholine rings is 1. The number of nitrogens with zero attached hydrogens (tertiary/aromatic N) is 3. The van der Waals surface area contributed by atoms with E-state index in [0.29, 0.717) is 6.04 Å². The van der Waals surface area contributed by atoms with E-state index in [2.05, 4.69) is 37.1 Å². The van der Waals surface area contributed by atoms with Crippen LogP contribution in [0.5, 0.6) is 0 Å². The van der Waals surface area contributed by atoms with E-state index in [-0.39, 0.29) is 0 Å². The zero-order valence-electron chi connectivity index (χ0n) is 17.1. The molecule has 0 spiro atoms. The minimum Gasteiger partial charge on any atom is -0.379 e. The number of rotatable bonds is 7. The highest BCUT2D eigenvalue weighted by molar-refractivity contribution is 7.99. The van der Waals surface area contributed by atoms with Crippen molar-refractivity contribution >= 4 is 29.1 Å². The van der Waals surface area contributed by atoms with Crippen LogP contribution in [0.15, 0.2) is 0 Å². The third-order valence-corrected chi connectivity index (χ3v) is 8.16. The number of fused-ring (bicyclic) bond motifs is 3. The van der Waals surface area contributed by atoms with Crippen molar-refractivity contribution in [1.82, 2.24) is 25.3 Å². The van der Waals surface area contributed by atoms with E-state index in [9.17, 15) is 0 Å². The standard InChI is InChI=1S/C20H37N5OS2/c27-20(21-2-4-23-5-9-26-10-6-23)22-14-19-13-17-1-3-25(19)16-18(17)15-24-7-11-28-12-8-24/h17-19H,1-16H2,(H2,21,22,27). The third kappa shape index (κ3) is 5.95. The second-order valence-corrected chi connectivity index (χ2v) is 10.3. The highest BCUT2D eigenvalue weighted by atomic mass is 32.2. The normalized spacial score (nSPS) is 34.3. The van der Waals surface area contributed by atoms with Gasteiger partial charge >= 0.3 is 0 Å². The molecular weight excluding hydrogens is 390 g/mol. The maximum atomic E-state index is 5.51. The second-order valence-electron chi connectivity index (χ2n) is 8.70. The lowest BCUT2D eigenvalue weighted by Crippen LogP contribution is -2.59. The van der Waals surface area contributed by atoms with E-state index < -0.39 is 0 Å². The maximum Gasteiger partial charge on any atom is 0.166 e. The van der Waals surface area contributed by atoms with Gasteiger partial charge in [0.1, 0.15) is 0 Å². The monoisotopic (exact) mass is 427 g/mol. The summed E-state index contributed by atoms with van der Waals surface area (Å²) in [6.07, 6.45) is 2.74. The summed E-state index contributed by atoms with van der Waals surface area (Å²) in [7, 11) is 0. The molecule has 0 aromatic carbocycles. The summed E-state index contributed by atoms with van der Waals surface area (Å²) in [5.41, 5.74) is 0. The number of piperidine rings is 3. The van der Waals surface area contributed by atoms with Gasteiger partial charge in [-0.3, -0.25) is 9.80 Å². The molecule has 5 rings (SSSR count). The molecule has 5 heterocycles. The van der Waals surface area contributed by atoms with E-state index in [0.717, 1.165) is 62.9 Å². The molecule has 4 atom stereocenters. The van der Waals surface area contributed by atoms with Crippen molar-refractivity contribution in [3.63, 3.8) is 0 Å². The predicted octanol–water partition coefficient (Wildman–Crippen LogP) is 0.542. The molecule has 160 valence electrons. The fourth-order valence-electron chi connectivity index (χ4n) is 5.21. The van der Waals surface area contributed by atoms with Crippen LogP contribution in [0, 0.1) is 11.8 Å². The van der Waals surface area contributed by atoms with E-state index in [1.807, 2.05) is 0 Å². The van der Waals surface area contributed by atoms with Crippen molar-refractivity contribution in [3.05, 3.63) is 0 Å². The van der Waals surface area contributed by atoms with Gasteiger partial charge < -0.3 is 20.3 Å². The molecule has 0 radical (unpaired) electrons. The lowest BCUT2D eigenvalue weighted by atomic mass is 9.75. The maximum absolute atomic E-state index is 5.51. The van der Waals surface area contributed by atoms with Gasteiger partial charge in [0.05, 0.1) is 13.2 Å². The Morgan fingerprint density at radius 2 is 1.86 bits per heavy atom. The van der Waals surface area contributed by atoms with Gasteiger partial charge in [0.15, 0.2) is 5.11 Å². The summed E-state index contributed by atoms with van der Waals surface area (Å²) in [5.74, 6) is 4.44. The molecule has 5 fully saturated rings. The average molecular weight is 428 g/mol. The quantitative estimate of drug-likeness (QED) is 0.571. The molecule has 5 aliphatic heterocycles. The van der Waals surface area contributed by atoms with Crippen molar-refractivity contribution in [1.29, 1.82) is 0 Å². The Morgan fingerprint density at radius 1 is 1.04 bits per heavy atom. The van der Waals surface area contributed by atoms with Crippen molar-refractivity contribution < 1.29 is 4.74 Å². The van der Waals surface area contributed by atoms with Crippen LogP contribution in [-0.2, 0) is 4.74 Å². The zero-order chi connectivity index (χ0) is 19.2. The van der Waals surface area contributed by atoms with Crippen LogP contribution in [0.3, 0.4) is 0 Å². The zero-order valence-corrected chi connectivity index (χ0v) is 18.7. The number of thiocarbonyl (C=S) groups is 1. The summed E-state index contributed by atoms with van der Waals surface area (Å²) >= 11 is 7.63. The van der Waals surface area contributed by atoms with Gasteiger partial charge in [-0.05, 0) is 43.4 Å². The van der Waals surface area contributed by atoms with Gasteiger partial charge in [-0.1, -0.05) is 0 Å². The highest BCUT2D eigenvalue weighted by Crippen LogP contribution is 2.36. The minimum atomic E-state index is 0.658. The number of nitrogens with one attached hydrogen (secondary N) is 2. The fraction of sp³-hybridized carbons (Fsp3) is 0.950.